The molecule has 0 amide bonds. The zero-order valence-corrected chi connectivity index (χ0v) is 19.8. The number of carboxylic acids is 1. The van der Waals surface area contributed by atoms with Crippen molar-refractivity contribution in [2.75, 3.05) is 0 Å². The Bertz CT molecular complexity index is 278. The molecule has 0 aromatic carbocycles. The van der Waals surface area contributed by atoms with E-state index in [4.69, 9.17) is 5.11 Å². The molecular formula is C23H35O2Ti-. The molecule has 0 aromatic rings. The van der Waals surface area contributed by atoms with Gasteiger partial charge in [0.05, 0.1) is 0 Å². The summed E-state index contributed by atoms with van der Waals surface area (Å²) in [4.78, 5) is 9.31. The van der Waals surface area contributed by atoms with Crippen molar-refractivity contribution in [3.05, 3.63) is 66.1 Å². The summed E-state index contributed by atoms with van der Waals surface area (Å²) >= 11 is 0. The first-order valence-electron chi connectivity index (χ1n) is 8.78. The van der Waals surface area contributed by atoms with Gasteiger partial charge < -0.3 is 12.0 Å². The van der Waals surface area contributed by atoms with E-state index in [1.807, 2.05) is 0 Å². The van der Waals surface area contributed by atoms with Crippen molar-refractivity contribution in [1.29, 1.82) is 0 Å². The second-order valence-corrected chi connectivity index (χ2v) is 6.89. The summed E-state index contributed by atoms with van der Waals surface area (Å²) in [7, 11) is 0. The van der Waals surface area contributed by atoms with Gasteiger partial charge in [-0.3, -0.25) is 4.79 Å². The Morgan fingerprint density at radius 3 is 0.692 bits per heavy atom. The molecular weight excluding hydrogens is 356 g/mol. The van der Waals surface area contributed by atoms with Gasteiger partial charge in [-0.1, -0.05) is 75.7 Å². The molecule has 2 nitrogen and oxygen atoms in total. The summed E-state index contributed by atoms with van der Waals surface area (Å²) in [5.41, 5.74) is 0. The first-order valence-corrected chi connectivity index (χ1v) is 8.78. The SMILES string of the molecule is C[C]1[C](C)[C](C)[C](C)[C]1C.C[C]1[C](C)[C](C)[C](C)[C]1C.[CH2-]CC(=O)O.[Ti]. The zero-order valence-electron chi connectivity index (χ0n) is 18.3. The Balaban J connectivity index is 0. The van der Waals surface area contributed by atoms with Crippen LogP contribution < -0.4 is 0 Å². The quantitative estimate of drug-likeness (QED) is 0.425. The molecule has 3 heteroatoms. The Labute approximate surface area is 179 Å². The van der Waals surface area contributed by atoms with Crippen LogP contribution in [0.1, 0.15) is 75.7 Å². The minimum atomic E-state index is -0.856. The van der Waals surface area contributed by atoms with Crippen LogP contribution in [-0.2, 0) is 26.5 Å². The van der Waals surface area contributed by atoms with Crippen molar-refractivity contribution in [3.8, 4) is 0 Å². The molecule has 0 aliphatic heterocycles. The molecule has 0 atom stereocenters. The molecule has 0 spiro atoms. The van der Waals surface area contributed by atoms with Crippen molar-refractivity contribution in [3.63, 3.8) is 0 Å². The van der Waals surface area contributed by atoms with Crippen molar-refractivity contribution < 1.29 is 31.6 Å². The van der Waals surface area contributed by atoms with E-state index in [1.165, 1.54) is 59.2 Å². The first kappa shape index (κ1) is 28.4. The van der Waals surface area contributed by atoms with Gasteiger partial charge in [0, 0.05) is 21.7 Å². The Hall–Kier alpha value is 0.184. The summed E-state index contributed by atoms with van der Waals surface area (Å²) in [6.45, 7) is 25.1. The van der Waals surface area contributed by atoms with E-state index in [0.29, 0.717) is 0 Å². The maximum absolute atomic E-state index is 9.31. The van der Waals surface area contributed by atoms with Gasteiger partial charge in [0.1, 0.15) is 0 Å². The molecule has 2 aliphatic carbocycles. The van der Waals surface area contributed by atoms with E-state index in [1.54, 1.807) is 0 Å². The molecule has 0 heterocycles. The van der Waals surface area contributed by atoms with Crippen molar-refractivity contribution >= 4 is 5.97 Å². The molecule has 2 saturated carbocycles. The van der Waals surface area contributed by atoms with E-state index < -0.39 is 5.97 Å². The van der Waals surface area contributed by atoms with Gasteiger partial charge in [-0.05, 0) is 59.2 Å². The molecule has 144 valence electrons. The predicted molar refractivity (Wildman–Crippen MR) is 107 cm³/mol. The van der Waals surface area contributed by atoms with Crippen LogP contribution in [0.2, 0.25) is 0 Å². The number of carboxylic acid groups (broad SMARTS) is 1. The summed E-state index contributed by atoms with van der Waals surface area (Å²) in [6, 6.07) is 0. The van der Waals surface area contributed by atoms with Gasteiger partial charge in [0.2, 0.25) is 0 Å². The van der Waals surface area contributed by atoms with Crippen LogP contribution in [-0.4, -0.2) is 11.1 Å². The second kappa shape index (κ2) is 12.6. The van der Waals surface area contributed by atoms with E-state index in [-0.39, 0.29) is 28.1 Å². The van der Waals surface area contributed by atoms with Gasteiger partial charge in [-0.2, -0.15) is 0 Å². The standard InChI is InChI=1S/2C10H15.C3H5O2.Ti/c2*1-6-7(2)9(4)10(5)8(6)3;1-2-3(4)5;/h2*1-5H3;1-2H2,(H,4,5);/q;;-1;. The van der Waals surface area contributed by atoms with E-state index in [2.05, 4.69) is 76.2 Å². The van der Waals surface area contributed by atoms with Gasteiger partial charge in [0.15, 0.2) is 0 Å². The summed E-state index contributed by atoms with van der Waals surface area (Å²) < 4.78 is 0. The Morgan fingerprint density at radius 1 is 0.577 bits per heavy atom. The van der Waals surface area contributed by atoms with Crippen LogP contribution in [0, 0.1) is 66.1 Å². The maximum atomic E-state index is 9.31. The maximum Gasteiger partial charge on any atom is 0.272 e. The van der Waals surface area contributed by atoms with E-state index in [9.17, 15) is 4.79 Å². The summed E-state index contributed by atoms with van der Waals surface area (Å²) in [6.07, 6.45) is -0.0278. The van der Waals surface area contributed by atoms with E-state index >= 15 is 0 Å². The van der Waals surface area contributed by atoms with Crippen LogP contribution in [0.4, 0.5) is 0 Å². The minimum Gasteiger partial charge on any atom is -0.483 e. The molecule has 0 bridgehead atoms. The Kier molecular flexibility index (Phi) is 13.8. The number of hydrogen-bond donors (Lipinski definition) is 1. The second-order valence-electron chi connectivity index (χ2n) is 6.89. The topological polar surface area (TPSA) is 37.3 Å². The zero-order chi connectivity index (χ0) is 20.1. The predicted octanol–water partition coefficient (Wildman–Crippen LogP) is 6.24. The molecule has 0 saturated heterocycles. The number of aliphatic carboxylic acids is 1. The number of hydrogen-bond acceptors (Lipinski definition) is 1. The van der Waals surface area contributed by atoms with Crippen LogP contribution >= 0.6 is 0 Å². The monoisotopic (exact) mass is 391 g/mol. The number of rotatable bonds is 1. The normalized spacial score (nSPS) is 23.3. The van der Waals surface area contributed by atoms with E-state index in [0.717, 1.165) is 0 Å². The van der Waals surface area contributed by atoms with Gasteiger partial charge in [0.25, 0.3) is 5.97 Å². The molecule has 1 N–H and O–H groups in total. The molecule has 2 fully saturated rings. The average Bonchev–Trinajstić information content (AvgIpc) is 2.86. The van der Waals surface area contributed by atoms with Crippen LogP contribution in [0.5, 0.6) is 0 Å². The largest absolute Gasteiger partial charge is 0.483 e. The van der Waals surface area contributed by atoms with Gasteiger partial charge >= 0.3 is 0 Å². The minimum absolute atomic E-state index is 0. The van der Waals surface area contributed by atoms with Crippen molar-refractivity contribution in [2.24, 2.45) is 0 Å². The molecule has 2 rings (SSSR count). The molecule has 0 unspecified atom stereocenters. The fourth-order valence-electron chi connectivity index (χ4n) is 2.81. The molecule has 2 aliphatic rings. The van der Waals surface area contributed by atoms with Crippen LogP contribution in [0.15, 0.2) is 0 Å². The van der Waals surface area contributed by atoms with Crippen LogP contribution in [0.3, 0.4) is 0 Å². The number of carbonyl (C=O) groups is 1. The third kappa shape index (κ3) is 7.30. The summed E-state index contributed by atoms with van der Waals surface area (Å²) in [5, 5.41) is 7.66. The smallest absolute Gasteiger partial charge is 0.272 e. The molecule has 10 radical (unpaired) electrons. The first-order chi connectivity index (χ1) is 11.4. The van der Waals surface area contributed by atoms with Crippen molar-refractivity contribution in [2.45, 2.75) is 75.7 Å². The average molecular weight is 391 g/mol. The third-order valence-electron chi connectivity index (χ3n) is 5.84. The fraction of sp³-hybridized carbons (Fsp3) is 0.478. The van der Waals surface area contributed by atoms with Crippen LogP contribution in [0.25, 0.3) is 0 Å². The third-order valence-corrected chi connectivity index (χ3v) is 5.84. The fourth-order valence-corrected chi connectivity index (χ4v) is 2.81. The Morgan fingerprint density at radius 2 is 0.654 bits per heavy atom. The van der Waals surface area contributed by atoms with Gasteiger partial charge in [-0.25, -0.2) is 0 Å². The van der Waals surface area contributed by atoms with Crippen molar-refractivity contribution in [1.82, 2.24) is 0 Å². The molecule has 26 heavy (non-hydrogen) atoms. The van der Waals surface area contributed by atoms with Gasteiger partial charge in [-0.15, -0.1) is 0 Å². The summed E-state index contributed by atoms with van der Waals surface area (Å²) in [5.74, 6) is 13.8. The molecule has 0 aromatic heterocycles.